The van der Waals surface area contributed by atoms with Crippen LogP contribution in [0.15, 0.2) is 36.7 Å². The van der Waals surface area contributed by atoms with E-state index in [1.165, 1.54) is 0 Å². The summed E-state index contributed by atoms with van der Waals surface area (Å²) in [4.78, 5) is 12.7. The van der Waals surface area contributed by atoms with Gasteiger partial charge in [-0.05, 0) is 23.8 Å². The van der Waals surface area contributed by atoms with Crippen molar-refractivity contribution in [1.29, 1.82) is 0 Å². The lowest BCUT2D eigenvalue weighted by atomic mass is 10.2. The molecule has 106 valence electrons. The van der Waals surface area contributed by atoms with Crippen molar-refractivity contribution in [3.63, 3.8) is 0 Å². The Balaban J connectivity index is 1.79. The summed E-state index contributed by atoms with van der Waals surface area (Å²) in [6.07, 6.45) is 3.21. The van der Waals surface area contributed by atoms with Crippen molar-refractivity contribution in [2.45, 2.75) is 6.54 Å². The van der Waals surface area contributed by atoms with E-state index < -0.39 is 0 Å². The number of hydrogen-bond acceptors (Lipinski definition) is 4. The number of halogens is 3. The third-order valence-corrected chi connectivity index (χ3v) is 3.78. The molecule has 0 unspecified atom stereocenters. The maximum absolute atomic E-state index is 5.98. The third-order valence-electron chi connectivity index (χ3n) is 2.83. The average Bonchev–Trinajstić information content (AvgIpc) is 2.48. The fraction of sp³-hybridized carbons (Fsp3) is 0.0714. The van der Waals surface area contributed by atoms with E-state index in [0.717, 1.165) is 5.56 Å². The number of nitrogens with zero attached hydrogens (tertiary/aromatic N) is 3. The Labute approximate surface area is 136 Å². The lowest BCUT2D eigenvalue weighted by molar-refractivity contribution is 1.07. The summed E-state index contributed by atoms with van der Waals surface area (Å²) in [5, 5.41) is 4.71. The van der Waals surface area contributed by atoms with E-state index in [2.05, 4.69) is 20.3 Å². The molecule has 2 aromatic heterocycles. The van der Waals surface area contributed by atoms with Gasteiger partial charge >= 0.3 is 0 Å². The Hall–Kier alpha value is -1.62. The molecule has 21 heavy (non-hydrogen) atoms. The van der Waals surface area contributed by atoms with Gasteiger partial charge in [0.05, 0.1) is 26.8 Å². The van der Waals surface area contributed by atoms with Crippen molar-refractivity contribution in [3.05, 3.63) is 57.3 Å². The van der Waals surface area contributed by atoms with Crippen LogP contribution in [0.25, 0.3) is 11.0 Å². The van der Waals surface area contributed by atoms with Gasteiger partial charge < -0.3 is 5.32 Å². The van der Waals surface area contributed by atoms with Crippen LogP contribution in [0, 0.1) is 0 Å². The third kappa shape index (κ3) is 3.35. The Morgan fingerprint density at radius 1 is 0.905 bits per heavy atom. The highest BCUT2D eigenvalue weighted by molar-refractivity contribution is 6.42. The summed E-state index contributed by atoms with van der Waals surface area (Å²) < 4.78 is 0. The van der Waals surface area contributed by atoms with Crippen molar-refractivity contribution < 1.29 is 0 Å². The van der Waals surface area contributed by atoms with Gasteiger partial charge in [-0.2, -0.15) is 0 Å². The summed E-state index contributed by atoms with van der Waals surface area (Å²) in [5.74, 6) is 0.498. The molecule has 0 saturated heterocycles. The second-order valence-corrected chi connectivity index (χ2v) is 5.60. The van der Waals surface area contributed by atoms with Gasteiger partial charge in [0.2, 0.25) is 5.95 Å². The van der Waals surface area contributed by atoms with E-state index in [1.807, 2.05) is 6.07 Å². The second-order valence-electron chi connectivity index (χ2n) is 4.35. The molecule has 0 bridgehead atoms. The lowest BCUT2D eigenvalue weighted by Gasteiger charge is -2.06. The molecule has 0 radical (unpaired) electrons. The first kappa shape index (κ1) is 14.3. The largest absolute Gasteiger partial charge is 0.350 e. The summed E-state index contributed by atoms with van der Waals surface area (Å²) >= 11 is 17.8. The molecule has 0 aliphatic rings. The molecular formula is C14H9Cl3N4. The smallest absolute Gasteiger partial charge is 0.223 e. The molecule has 3 rings (SSSR count). The lowest BCUT2D eigenvalue weighted by Crippen LogP contribution is -2.03. The van der Waals surface area contributed by atoms with E-state index in [9.17, 15) is 0 Å². The molecule has 4 nitrogen and oxygen atoms in total. The number of nitrogens with one attached hydrogen (secondary N) is 1. The SMILES string of the molecule is Clc1cnc2cnc(NCc3ccc(Cl)c(Cl)c3)nc2c1. The van der Waals surface area contributed by atoms with Crippen LogP contribution >= 0.6 is 34.8 Å². The summed E-state index contributed by atoms with van der Waals surface area (Å²) in [6.45, 7) is 0.538. The summed E-state index contributed by atoms with van der Waals surface area (Å²) in [7, 11) is 0. The van der Waals surface area contributed by atoms with E-state index in [0.29, 0.717) is 38.6 Å². The molecule has 0 aliphatic carbocycles. The number of benzene rings is 1. The van der Waals surface area contributed by atoms with Crippen LogP contribution in [0.4, 0.5) is 5.95 Å². The first-order chi connectivity index (χ1) is 10.1. The Bertz CT molecular complexity index is 807. The molecule has 0 atom stereocenters. The number of pyridine rings is 1. The van der Waals surface area contributed by atoms with Gasteiger partial charge in [-0.1, -0.05) is 40.9 Å². The molecule has 0 spiro atoms. The van der Waals surface area contributed by atoms with Gasteiger partial charge in [-0.15, -0.1) is 0 Å². The quantitative estimate of drug-likeness (QED) is 0.758. The highest BCUT2D eigenvalue weighted by Gasteiger charge is 2.03. The maximum atomic E-state index is 5.98. The highest BCUT2D eigenvalue weighted by atomic mass is 35.5. The van der Waals surface area contributed by atoms with E-state index in [-0.39, 0.29) is 0 Å². The first-order valence-corrected chi connectivity index (χ1v) is 7.21. The maximum Gasteiger partial charge on any atom is 0.223 e. The summed E-state index contributed by atoms with van der Waals surface area (Å²) in [5.41, 5.74) is 2.37. The van der Waals surface area contributed by atoms with Crippen LogP contribution in [-0.4, -0.2) is 15.0 Å². The van der Waals surface area contributed by atoms with Gasteiger partial charge in [0.1, 0.15) is 5.52 Å². The van der Waals surface area contributed by atoms with Crippen LogP contribution in [0.2, 0.25) is 15.1 Å². The number of rotatable bonds is 3. The van der Waals surface area contributed by atoms with Crippen LogP contribution in [-0.2, 0) is 6.54 Å². The molecule has 1 N–H and O–H groups in total. The molecule has 0 aliphatic heterocycles. The average molecular weight is 340 g/mol. The number of fused-ring (bicyclic) bond motifs is 1. The minimum atomic E-state index is 0.498. The zero-order valence-electron chi connectivity index (χ0n) is 10.6. The zero-order chi connectivity index (χ0) is 14.8. The molecule has 1 aromatic carbocycles. The van der Waals surface area contributed by atoms with Crippen molar-refractivity contribution in [3.8, 4) is 0 Å². The molecule has 7 heteroatoms. The van der Waals surface area contributed by atoms with Crippen LogP contribution < -0.4 is 5.32 Å². The number of aromatic nitrogens is 3. The van der Waals surface area contributed by atoms with Crippen LogP contribution in [0.1, 0.15) is 5.56 Å². The fourth-order valence-electron chi connectivity index (χ4n) is 1.81. The standard InChI is InChI=1S/C14H9Cl3N4/c15-9-4-12-13(18-6-9)7-20-14(21-12)19-5-8-1-2-10(16)11(17)3-8/h1-4,6-7H,5H2,(H,19,20,21). The van der Waals surface area contributed by atoms with Crippen molar-refractivity contribution >= 4 is 51.8 Å². The van der Waals surface area contributed by atoms with Crippen LogP contribution in [0.5, 0.6) is 0 Å². The van der Waals surface area contributed by atoms with Gasteiger partial charge in [0, 0.05) is 12.7 Å². The zero-order valence-corrected chi connectivity index (χ0v) is 12.9. The van der Waals surface area contributed by atoms with Gasteiger partial charge in [0.25, 0.3) is 0 Å². The van der Waals surface area contributed by atoms with Gasteiger partial charge in [0.15, 0.2) is 0 Å². The van der Waals surface area contributed by atoms with E-state index >= 15 is 0 Å². The molecular weight excluding hydrogens is 331 g/mol. The van der Waals surface area contributed by atoms with E-state index in [1.54, 1.807) is 30.6 Å². The first-order valence-electron chi connectivity index (χ1n) is 6.08. The predicted octanol–water partition coefficient (Wildman–Crippen LogP) is 4.60. The van der Waals surface area contributed by atoms with E-state index in [4.69, 9.17) is 34.8 Å². The van der Waals surface area contributed by atoms with Crippen LogP contribution in [0.3, 0.4) is 0 Å². The summed E-state index contributed by atoms with van der Waals surface area (Å²) in [6, 6.07) is 7.19. The molecule has 0 saturated carbocycles. The number of anilines is 1. The predicted molar refractivity (Wildman–Crippen MR) is 86.1 cm³/mol. The van der Waals surface area contributed by atoms with Crippen molar-refractivity contribution in [2.24, 2.45) is 0 Å². The molecule has 3 aromatic rings. The Morgan fingerprint density at radius 2 is 1.76 bits per heavy atom. The topological polar surface area (TPSA) is 50.7 Å². The minimum Gasteiger partial charge on any atom is -0.350 e. The van der Waals surface area contributed by atoms with Crippen molar-refractivity contribution in [2.75, 3.05) is 5.32 Å². The Morgan fingerprint density at radius 3 is 2.57 bits per heavy atom. The minimum absolute atomic E-state index is 0.498. The highest BCUT2D eigenvalue weighted by Crippen LogP contribution is 2.23. The molecule has 2 heterocycles. The fourth-order valence-corrected chi connectivity index (χ4v) is 2.28. The molecule has 0 amide bonds. The second kappa shape index (κ2) is 6.02. The number of hydrogen-bond donors (Lipinski definition) is 1. The monoisotopic (exact) mass is 338 g/mol. The van der Waals surface area contributed by atoms with Crippen molar-refractivity contribution in [1.82, 2.24) is 15.0 Å². The van der Waals surface area contributed by atoms with Gasteiger partial charge in [-0.3, -0.25) is 4.98 Å². The Kier molecular flexibility index (Phi) is 4.10. The normalized spacial score (nSPS) is 10.8. The van der Waals surface area contributed by atoms with Gasteiger partial charge in [-0.25, -0.2) is 9.97 Å². The molecule has 0 fully saturated rings.